The van der Waals surface area contributed by atoms with E-state index in [0.29, 0.717) is 23.7 Å². The summed E-state index contributed by atoms with van der Waals surface area (Å²) in [6.45, 7) is 2.67. The Morgan fingerprint density at radius 1 is 1.59 bits per heavy atom. The summed E-state index contributed by atoms with van der Waals surface area (Å²) >= 11 is 1.27. The molecule has 1 rings (SSSR count). The molecule has 6 heteroatoms. The van der Waals surface area contributed by atoms with Crippen LogP contribution in [-0.2, 0) is 9.63 Å². The highest BCUT2D eigenvalue weighted by atomic mass is 32.1. The van der Waals surface area contributed by atoms with E-state index in [4.69, 9.17) is 10.6 Å². The molecule has 0 saturated heterocycles. The summed E-state index contributed by atoms with van der Waals surface area (Å²) in [5, 5.41) is 5.86. The predicted molar refractivity (Wildman–Crippen MR) is 69.2 cm³/mol. The molecule has 0 amide bonds. The molecule has 1 heterocycles. The van der Waals surface area contributed by atoms with Gasteiger partial charge in [-0.3, -0.25) is 4.79 Å². The summed E-state index contributed by atoms with van der Waals surface area (Å²) in [6.07, 6.45) is 5.06. The largest absolute Gasteiger partial charge is 0.395 e. The minimum absolute atomic E-state index is 0.188. The van der Waals surface area contributed by atoms with Crippen molar-refractivity contribution in [2.45, 2.75) is 32.6 Å². The first kappa shape index (κ1) is 13.6. The fourth-order valence-electron chi connectivity index (χ4n) is 1.24. The molecule has 1 aromatic heterocycles. The van der Waals surface area contributed by atoms with Gasteiger partial charge in [-0.1, -0.05) is 24.9 Å². The Labute approximate surface area is 105 Å². The Morgan fingerprint density at radius 3 is 3.00 bits per heavy atom. The molecule has 2 N–H and O–H groups in total. The molecule has 0 fully saturated rings. The molecule has 0 radical (unpaired) electrons. The van der Waals surface area contributed by atoms with Crippen molar-refractivity contribution in [3.63, 3.8) is 0 Å². The maximum absolute atomic E-state index is 10.8. The number of unbranched alkanes of at least 4 members (excludes halogenated alkanes) is 3. The number of nitrogens with two attached hydrogens (primary N) is 1. The van der Waals surface area contributed by atoms with Crippen LogP contribution in [0.2, 0.25) is 0 Å². The lowest BCUT2D eigenvalue weighted by molar-refractivity contribution is -0.102. The van der Waals surface area contributed by atoms with E-state index < -0.39 is 0 Å². The van der Waals surface area contributed by atoms with E-state index in [0.717, 1.165) is 12.8 Å². The lowest BCUT2D eigenvalue weighted by atomic mass is 10.2. The number of aromatic nitrogens is 1. The first-order valence-corrected chi connectivity index (χ1v) is 6.52. The minimum atomic E-state index is 0.188. The first-order chi connectivity index (χ1) is 8.27. The SMILES string of the molecule is CCCCCCO/N=C(\C=O)c1csc(N)n1. The number of aldehydes is 1. The summed E-state index contributed by atoms with van der Waals surface area (Å²) in [4.78, 5) is 19.8. The maximum atomic E-state index is 10.8. The van der Waals surface area contributed by atoms with Gasteiger partial charge in [0.25, 0.3) is 0 Å². The van der Waals surface area contributed by atoms with Crippen molar-refractivity contribution >= 4 is 28.5 Å². The quantitative estimate of drug-likeness (QED) is 0.334. The Balaban J connectivity index is 2.37. The highest BCUT2D eigenvalue weighted by Crippen LogP contribution is 2.11. The molecule has 0 aliphatic heterocycles. The fourth-order valence-corrected chi connectivity index (χ4v) is 1.80. The Morgan fingerprint density at radius 2 is 2.41 bits per heavy atom. The molecule has 17 heavy (non-hydrogen) atoms. The van der Waals surface area contributed by atoms with Gasteiger partial charge in [0.2, 0.25) is 0 Å². The Bertz CT molecular complexity index is 377. The minimum Gasteiger partial charge on any atom is -0.395 e. The number of carbonyl (C=O) groups excluding carboxylic acids is 1. The van der Waals surface area contributed by atoms with Gasteiger partial charge in [0.15, 0.2) is 17.1 Å². The van der Waals surface area contributed by atoms with Crippen LogP contribution in [0, 0.1) is 0 Å². The molecule has 0 unspecified atom stereocenters. The molecule has 0 aliphatic rings. The topological polar surface area (TPSA) is 77.6 Å². The smallest absolute Gasteiger partial charge is 0.180 e. The van der Waals surface area contributed by atoms with Crippen LogP contribution in [0.4, 0.5) is 5.13 Å². The lowest BCUT2D eigenvalue weighted by Gasteiger charge is -1.99. The second-order valence-electron chi connectivity index (χ2n) is 3.56. The Hall–Kier alpha value is -1.43. The summed E-state index contributed by atoms with van der Waals surface area (Å²) in [6, 6.07) is 0. The molecule has 5 nitrogen and oxygen atoms in total. The fraction of sp³-hybridized carbons (Fsp3) is 0.545. The predicted octanol–water partition coefficient (Wildman–Crippen LogP) is 2.23. The van der Waals surface area contributed by atoms with Gasteiger partial charge in [0, 0.05) is 5.38 Å². The zero-order valence-corrected chi connectivity index (χ0v) is 10.7. The highest BCUT2D eigenvalue weighted by Gasteiger charge is 2.07. The molecular weight excluding hydrogens is 238 g/mol. The van der Waals surface area contributed by atoms with E-state index in [2.05, 4.69) is 17.1 Å². The third-order valence-electron chi connectivity index (χ3n) is 2.15. The van der Waals surface area contributed by atoms with Gasteiger partial charge >= 0.3 is 0 Å². The van der Waals surface area contributed by atoms with Gasteiger partial charge in [0.1, 0.15) is 12.3 Å². The van der Waals surface area contributed by atoms with Crippen molar-refractivity contribution in [2.75, 3.05) is 12.3 Å². The van der Waals surface area contributed by atoms with Gasteiger partial charge in [0.05, 0.1) is 0 Å². The maximum Gasteiger partial charge on any atom is 0.180 e. The summed E-state index contributed by atoms with van der Waals surface area (Å²) in [7, 11) is 0. The number of carbonyl (C=O) groups is 1. The zero-order chi connectivity index (χ0) is 12.5. The van der Waals surface area contributed by atoms with E-state index in [9.17, 15) is 4.79 Å². The highest BCUT2D eigenvalue weighted by molar-refractivity contribution is 7.13. The van der Waals surface area contributed by atoms with Crippen molar-refractivity contribution in [1.82, 2.24) is 4.98 Å². The van der Waals surface area contributed by atoms with E-state index in [1.54, 1.807) is 5.38 Å². The molecule has 0 bridgehead atoms. The van der Waals surface area contributed by atoms with Crippen LogP contribution in [0.5, 0.6) is 0 Å². The normalized spacial score (nSPS) is 11.5. The van der Waals surface area contributed by atoms with Crippen LogP contribution in [0.25, 0.3) is 0 Å². The molecule has 94 valence electrons. The first-order valence-electron chi connectivity index (χ1n) is 5.64. The van der Waals surface area contributed by atoms with E-state index in [1.165, 1.54) is 24.2 Å². The van der Waals surface area contributed by atoms with Crippen molar-refractivity contribution in [1.29, 1.82) is 0 Å². The van der Waals surface area contributed by atoms with Crippen LogP contribution in [0.1, 0.15) is 38.3 Å². The number of anilines is 1. The molecule has 1 aromatic rings. The van der Waals surface area contributed by atoms with Gasteiger partial charge in [-0.05, 0) is 12.8 Å². The third-order valence-corrected chi connectivity index (χ3v) is 2.82. The number of oxime groups is 1. The molecule has 0 saturated carbocycles. The van der Waals surface area contributed by atoms with Gasteiger partial charge in [-0.15, -0.1) is 11.3 Å². The van der Waals surface area contributed by atoms with E-state index >= 15 is 0 Å². The number of nitrogens with zero attached hydrogens (tertiary/aromatic N) is 2. The monoisotopic (exact) mass is 255 g/mol. The molecule has 0 aromatic carbocycles. The molecule has 0 spiro atoms. The van der Waals surface area contributed by atoms with Crippen LogP contribution < -0.4 is 5.73 Å². The van der Waals surface area contributed by atoms with Crippen LogP contribution >= 0.6 is 11.3 Å². The second kappa shape index (κ2) is 7.78. The standard InChI is InChI=1S/C11H17N3O2S/c1-2-3-4-5-6-16-14-9(7-15)10-8-17-11(12)13-10/h7-8H,2-6H2,1H3,(H2,12,13)/b14-9+. The summed E-state index contributed by atoms with van der Waals surface area (Å²) in [5.41, 5.74) is 6.13. The zero-order valence-electron chi connectivity index (χ0n) is 9.89. The van der Waals surface area contributed by atoms with Gasteiger partial charge in [-0.2, -0.15) is 0 Å². The van der Waals surface area contributed by atoms with Crippen molar-refractivity contribution < 1.29 is 9.63 Å². The number of hydrogen-bond donors (Lipinski definition) is 1. The Kier molecular flexibility index (Phi) is 6.24. The van der Waals surface area contributed by atoms with Crippen molar-refractivity contribution in [3.05, 3.63) is 11.1 Å². The van der Waals surface area contributed by atoms with Crippen LogP contribution in [-0.4, -0.2) is 23.6 Å². The molecule has 0 aliphatic carbocycles. The van der Waals surface area contributed by atoms with Crippen LogP contribution in [0.3, 0.4) is 0 Å². The average Bonchev–Trinajstić information content (AvgIpc) is 2.75. The van der Waals surface area contributed by atoms with Gasteiger partial charge in [-0.25, -0.2) is 4.98 Å². The molecular formula is C11H17N3O2S. The van der Waals surface area contributed by atoms with Crippen molar-refractivity contribution in [2.24, 2.45) is 5.16 Å². The number of thiazole rings is 1. The van der Waals surface area contributed by atoms with Crippen LogP contribution in [0.15, 0.2) is 10.5 Å². The van der Waals surface area contributed by atoms with Crippen molar-refractivity contribution in [3.8, 4) is 0 Å². The summed E-state index contributed by atoms with van der Waals surface area (Å²) in [5.74, 6) is 0. The average molecular weight is 255 g/mol. The second-order valence-corrected chi connectivity index (χ2v) is 4.45. The van der Waals surface area contributed by atoms with Gasteiger partial charge < -0.3 is 10.6 Å². The summed E-state index contributed by atoms with van der Waals surface area (Å²) < 4.78 is 0. The molecule has 0 atom stereocenters. The number of hydrogen-bond acceptors (Lipinski definition) is 6. The lowest BCUT2D eigenvalue weighted by Crippen LogP contribution is -2.05. The number of nitrogen functional groups attached to an aromatic ring is 1. The number of rotatable bonds is 8. The van der Waals surface area contributed by atoms with E-state index in [1.807, 2.05) is 0 Å². The third kappa shape index (κ3) is 4.95. The van der Waals surface area contributed by atoms with E-state index in [-0.39, 0.29) is 5.71 Å².